The van der Waals surface area contributed by atoms with Crippen LogP contribution in [0.25, 0.3) is 0 Å². The molecule has 2 heteroatoms. The van der Waals surface area contributed by atoms with E-state index in [1.165, 1.54) is 37.1 Å². The molecular formula is C20H25NO. The van der Waals surface area contributed by atoms with E-state index >= 15 is 0 Å². The van der Waals surface area contributed by atoms with E-state index in [0.717, 1.165) is 12.3 Å². The zero-order valence-corrected chi connectivity index (χ0v) is 13.4. The van der Waals surface area contributed by atoms with Crippen LogP contribution < -0.4 is 4.74 Å². The fourth-order valence-corrected chi connectivity index (χ4v) is 3.11. The summed E-state index contributed by atoms with van der Waals surface area (Å²) in [6.45, 7) is 6.62. The van der Waals surface area contributed by atoms with Crippen LogP contribution in [0.4, 0.5) is 0 Å². The van der Waals surface area contributed by atoms with Gasteiger partial charge in [0.05, 0.1) is 0 Å². The quantitative estimate of drug-likeness (QED) is 0.780. The van der Waals surface area contributed by atoms with E-state index in [0.29, 0.717) is 12.5 Å². The van der Waals surface area contributed by atoms with Crippen molar-refractivity contribution in [3.05, 3.63) is 65.7 Å². The molecule has 0 spiro atoms. The summed E-state index contributed by atoms with van der Waals surface area (Å²) >= 11 is 0. The van der Waals surface area contributed by atoms with Gasteiger partial charge in [0.2, 0.25) is 0 Å². The van der Waals surface area contributed by atoms with E-state index in [2.05, 4.69) is 48.2 Å². The lowest BCUT2D eigenvalue weighted by Gasteiger charge is -2.21. The molecule has 0 radical (unpaired) electrons. The first-order valence-corrected chi connectivity index (χ1v) is 8.30. The molecule has 1 fully saturated rings. The highest BCUT2D eigenvalue weighted by Gasteiger charge is 2.16. The molecular weight excluding hydrogens is 270 g/mol. The predicted molar refractivity (Wildman–Crippen MR) is 91.3 cm³/mol. The van der Waals surface area contributed by atoms with Crippen LogP contribution in [0.1, 0.15) is 36.8 Å². The summed E-state index contributed by atoms with van der Waals surface area (Å²) in [5, 5.41) is 0. The molecule has 0 bridgehead atoms. The van der Waals surface area contributed by atoms with Crippen LogP contribution in [0.3, 0.4) is 0 Å². The van der Waals surface area contributed by atoms with Crippen molar-refractivity contribution in [1.82, 2.24) is 4.90 Å². The van der Waals surface area contributed by atoms with Crippen LogP contribution in [-0.4, -0.2) is 24.5 Å². The highest BCUT2D eigenvalue weighted by Crippen LogP contribution is 2.23. The zero-order valence-electron chi connectivity index (χ0n) is 13.4. The van der Waals surface area contributed by atoms with Crippen molar-refractivity contribution >= 4 is 0 Å². The topological polar surface area (TPSA) is 12.5 Å². The number of nitrogens with zero attached hydrogens (tertiary/aromatic N) is 1. The Morgan fingerprint density at radius 1 is 1.00 bits per heavy atom. The van der Waals surface area contributed by atoms with Crippen molar-refractivity contribution in [1.29, 1.82) is 0 Å². The first-order valence-electron chi connectivity index (χ1n) is 8.30. The van der Waals surface area contributed by atoms with Gasteiger partial charge in [-0.15, -0.1) is 0 Å². The van der Waals surface area contributed by atoms with Gasteiger partial charge < -0.3 is 9.64 Å². The third-order valence-electron chi connectivity index (χ3n) is 4.41. The summed E-state index contributed by atoms with van der Waals surface area (Å²) in [6, 6.07) is 18.9. The minimum absolute atomic E-state index is 0.554. The molecule has 1 aliphatic rings. The van der Waals surface area contributed by atoms with Crippen LogP contribution in [0.2, 0.25) is 0 Å². The average Bonchev–Trinajstić information content (AvgIpc) is 3.07. The van der Waals surface area contributed by atoms with Gasteiger partial charge in [-0.25, -0.2) is 0 Å². The minimum atomic E-state index is 0.554. The summed E-state index contributed by atoms with van der Waals surface area (Å²) in [5.41, 5.74) is 2.58. The van der Waals surface area contributed by atoms with Crippen LogP contribution in [0.5, 0.6) is 5.75 Å². The molecule has 116 valence electrons. The fourth-order valence-electron chi connectivity index (χ4n) is 3.11. The van der Waals surface area contributed by atoms with Crippen molar-refractivity contribution in [2.75, 3.05) is 19.6 Å². The summed E-state index contributed by atoms with van der Waals surface area (Å²) in [5.74, 6) is 1.52. The van der Waals surface area contributed by atoms with E-state index in [-0.39, 0.29) is 0 Å². The van der Waals surface area contributed by atoms with Gasteiger partial charge in [-0.1, -0.05) is 49.4 Å². The molecule has 1 saturated heterocycles. The third-order valence-corrected chi connectivity index (χ3v) is 4.41. The van der Waals surface area contributed by atoms with Crippen molar-refractivity contribution in [3.63, 3.8) is 0 Å². The molecule has 1 unspecified atom stereocenters. The molecule has 1 atom stereocenters. The SMILES string of the molecule is CC(CN1CCCC1)c1cccc(OCc2ccccc2)c1. The molecule has 0 amide bonds. The molecule has 2 nitrogen and oxygen atoms in total. The van der Waals surface area contributed by atoms with Crippen molar-refractivity contribution in [2.45, 2.75) is 32.3 Å². The van der Waals surface area contributed by atoms with Crippen LogP contribution in [0, 0.1) is 0 Å². The third kappa shape index (κ3) is 4.11. The van der Waals surface area contributed by atoms with Gasteiger partial charge >= 0.3 is 0 Å². The normalized spacial score (nSPS) is 16.6. The monoisotopic (exact) mass is 295 g/mol. The molecule has 3 rings (SSSR count). The Morgan fingerprint density at radius 2 is 1.77 bits per heavy atom. The van der Waals surface area contributed by atoms with Crippen LogP contribution in [-0.2, 0) is 6.61 Å². The van der Waals surface area contributed by atoms with Gasteiger partial charge in [-0.3, -0.25) is 0 Å². The first kappa shape index (κ1) is 15.1. The number of benzene rings is 2. The summed E-state index contributed by atoms with van der Waals surface area (Å²) in [7, 11) is 0. The molecule has 2 aromatic rings. The number of hydrogen-bond acceptors (Lipinski definition) is 2. The van der Waals surface area contributed by atoms with E-state index in [4.69, 9.17) is 4.74 Å². The molecule has 0 saturated carbocycles. The summed E-state index contributed by atoms with van der Waals surface area (Å²) in [4.78, 5) is 2.57. The fraction of sp³-hybridized carbons (Fsp3) is 0.400. The second-order valence-corrected chi connectivity index (χ2v) is 6.26. The second-order valence-electron chi connectivity index (χ2n) is 6.26. The molecule has 0 aromatic heterocycles. The molecule has 1 aliphatic heterocycles. The van der Waals surface area contributed by atoms with Gasteiger partial charge in [0.15, 0.2) is 0 Å². The highest BCUT2D eigenvalue weighted by molar-refractivity contribution is 5.31. The predicted octanol–water partition coefficient (Wildman–Crippen LogP) is 4.46. The van der Waals surface area contributed by atoms with Gasteiger partial charge in [0.25, 0.3) is 0 Å². The van der Waals surface area contributed by atoms with Gasteiger partial charge in [-0.05, 0) is 55.1 Å². The van der Waals surface area contributed by atoms with Crippen molar-refractivity contribution in [2.24, 2.45) is 0 Å². The van der Waals surface area contributed by atoms with Crippen LogP contribution >= 0.6 is 0 Å². The molecule has 1 heterocycles. The molecule has 2 aromatic carbocycles. The lowest BCUT2D eigenvalue weighted by Crippen LogP contribution is -2.24. The Hall–Kier alpha value is -1.80. The van der Waals surface area contributed by atoms with E-state index in [9.17, 15) is 0 Å². The summed E-state index contributed by atoms with van der Waals surface area (Å²) in [6.07, 6.45) is 2.71. The number of likely N-dealkylation sites (tertiary alicyclic amines) is 1. The van der Waals surface area contributed by atoms with Crippen molar-refractivity contribution in [3.8, 4) is 5.75 Å². The standard InChI is InChI=1S/C20H25NO/c1-17(15-21-12-5-6-13-21)19-10-7-11-20(14-19)22-16-18-8-3-2-4-9-18/h2-4,7-11,14,17H,5-6,12-13,15-16H2,1H3. The Bertz CT molecular complexity index is 575. The first-order chi connectivity index (χ1) is 10.8. The average molecular weight is 295 g/mol. The van der Waals surface area contributed by atoms with Gasteiger partial charge in [0.1, 0.15) is 12.4 Å². The molecule has 0 aliphatic carbocycles. The van der Waals surface area contributed by atoms with E-state index in [1.54, 1.807) is 0 Å². The Balaban J connectivity index is 1.59. The second kappa shape index (κ2) is 7.46. The minimum Gasteiger partial charge on any atom is -0.489 e. The van der Waals surface area contributed by atoms with Crippen LogP contribution in [0.15, 0.2) is 54.6 Å². The largest absolute Gasteiger partial charge is 0.489 e. The molecule has 22 heavy (non-hydrogen) atoms. The maximum Gasteiger partial charge on any atom is 0.120 e. The zero-order chi connectivity index (χ0) is 15.2. The smallest absolute Gasteiger partial charge is 0.120 e. The Kier molecular flexibility index (Phi) is 5.12. The number of rotatable bonds is 6. The lowest BCUT2D eigenvalue weighted by atomic mass is 10.0. The lowest BCUT2D eigenvalue weighted by molar-refractivity contribution is 0.303. The number of hydrogen-bond donors (Lipinski definition) is 0. The van der Waals surface area contributed by atoms with Gasteiger partial charge in [0, 0.05) is 6.54 Å². The highest BCUT2D eigenvalue weighted by atomic mass is 16.5. The maximum absolute atomic E-state index is 5.94. The summed E-state index contributed by atoms with van der Waals surface area (Å²) < 4.78 is 5.94. The van der Waals surface area contributed by atoms with E-state index < -0.39 is 0 Å². The Morgan fingerprint density at radius 3 is 2.55 bits per heavy atom. The Labute approximate surface area is 133 Å². The van der Waals surface area contributed by atoms with Gasteiger partial charge in [-0.2, -0.15) is 0 Å². The maximum atomic E-state index is 5.94. The van der Waals surface area contributed by atoms with Crippen molar-refractivity contribution < 1.29 is 4.74 Å². The van der Waals surface area contributed by atoms with E-state index in [1.807, 2.05) is 18.2 Å². The number of ether oxygens (including phenoxy) is 1. The molecule has 0 N–H and O–H groups in total.